The summed E-state index contributed by atoms with van der Waals surface area (Å²) in [6.07, 6.45) is 6.13. The molecule has 1 aliphatic heterocycles. The zero-order chi connectivity index (χ0) is 22.3. The van der Waals surface area contributed by atoms with Gasteiger partial charge in [0, 0.05) is 20.8 Å². The first-order chi connectivity index (χ1) is 13.9. The highest BCUT2D eigenvalue weighted by Gasteiger charge is 2.47. The van der Waals surface area contributed by atoms with Crippen molar-refractivity contribution in [2.75, 3.05) is 6.61 Å². The molecule has 2 unspecified atom stereocenters. The van der Waals surface area contributed by atoms with E-state index in [1.807, 2.05) is 6.07 Å². The van der Waals surface area contributed by atoms with Crippen LogP contribution in [0.1, 0.15) is 106 Å². The molecule has 3 heteroatoms. The molecule has 2 aliphatic rings. The van der Waals surface area contributed by atoms with Crippen molar-refractivity contribution >= 4 is 0 Å². The lowest BCUT2D eigenvalue weighted by Crippen LogP contribution is -2.47. The van der Waals surface area contributed by atoms with Gasteiger partial charge in [0.1, 0.15) is 17.1 Å². The van der Waals surface area contributed by atoms with Crippen molar-refractivity contribution in [3.8, 4) is 11.5 Å². The Balaban J connectivity index is 1.96. The monoisotopic (exact) mass is 392 g/mol. The number of phenolic OH excluding ortho intramolecular Hbond substituents is 1. The predicted molar refractivity (Wildman–Crippen MR) is 115 cm³/mol. The second-order valence-electron chi connectivity index (χ2n) is 9.98. The van der Waals surface area contributed by atoms with Gasteiger partial charge in [0.2, 0.25) is 0 Å². The van der Waals surface area contributed by atoms with Crippen molar-refractivity contribution in [1.29, 1.82) is 0 Å². The summed E-state index contributed by atoms with van der Waals surface area (Å²) >= 11 is 0. The summed E-state index contributed by atoms with van der Waals surface area (Å²) in [5, 5.41) is 20.9. The normalized spacial score (nSPS) is 32.6. The molecule has 1 aromatic carbocycles. The molecule has 3 nitrogen and oxygen atoms in total. The number of rotatable bonds is 7. The SMILES string of the molecule is [3H][C@H]1CC2C(C[C@]1([3H])CO)c1c(O)cc(C(C)(C)CCCCCC)cc1OC2(C)C. The molecule has 0 spiro atoms. The smallest absolute Gasteiger partial charge is 0.127 e. The molecule has 1 fully saturated rings. The van der Waals surface area contributed by atoms with E-state index in [-0.39, 0.29) is 29.6 Å². The molecular weight excluding hydrogens is 348 g/mol. The van der Waals surface area contributed by atoms with E-state index in [0.717, 1.165) is 17.5 Å². The topological polar surface area (TPSA) is 49.7 Å². The second-order valence-corrected chi connectivity index (χ2v) is 9.98. The quantitative estimate of drug-likeness (QED) is 0.535. The highest BCUT2D eigenvalue weighted by molar-refractivity contribution is 5.53. The van der Waals surface area contributed by atoms with Gasteiger partial charge in [-0.25, -0.2) is 0 Å². The maximum Gasteiger partial charge on any atom is 0.127 e. The third-order valence-corrected chi connectivity index (χ3v) is 7.03. The Labute approximate surface area is 174 Å². The number of hydrogen-bond donors (Lipinski definition) is 2. The second kappa shape index (κ2) is 8.26. The van der Waals surface area contributed by atoms with Crippen molar-refractivity contribution in [1.82, 2.24) is 0 Å². The Morgan fingerprint density at radius 1 is 1.29 bits per heavy atom. The highest BCUT2D eigenvalue weighted by Crippen LogP contribution is 2.56. The minimum Gasteiger partial charge on any atom is -0.508 e. The lowest BCUT2D eigenvalue weighted by Gasteiger charge is -2.49. The van der Waals surface area contributed by atoms with E-state index in [4.69, 9.17) is 7.48 Å². The van der Waals surface area contributed by atoms with Crippen LogP contribution in [0.3, 0.4) is 0 Å². The third-order valence-electron chi connectivity index (χ3n) is 7.03. The van der Waals surface area contributed by atoms with Crippen molar-refractivity contribution in [2.24, 2.45) is 11.8 Å². The minimum absolute atomic E-state index is 0.0383. The van der Waals surface area contributed by atoms with Gasteiger partial charge in [0.25, 0.3) is 0 Å². The first-order valence-corrected chi connectivity index (χ1v) is 11.0. The first kappa shape index (κ1) is 18.8. The van der Waals surface area contributed by atoms with Gasteiger partial charge in [-0.2, -0.15) is 0 Å². The maximum atomic E-state index is 11.1. The zero-order valence-corrected chi connectivity index (χ0v) is 18.3. The number of aromatic hydroxyl groups is 1. The number of phenols is 1. The Morgan fingerprint density at radius 2 is 2.04 bits per heavy atom. The number of aliphatic hydroxyl groups is 1. The molecule has 0 radical (unpaired) electrons. The van der Waals surface area contributed by atoms with Gasteiger partial charge in [0.05, 0.1) is 0 Å². The summed E-state index contributed by atoms with van der Waals surface area (Å²) in [4.78, 5) is 0. The summed E-state index contributed by atoms with van der Waals surface area (Å²) in [6, 6.07) is 3.97. The van der Waals surface area contributed by atoms with E-state index >= 15 is 0 Å². The Morgan fingerprint density at radius 3 is 2.71 bits per heavy atom. The van der Waals surface area contributed by atoms with Crippen LogP contribution in [0.5, 0.6) is 11.5 Å². The van der Waals surface area contributed by atoms with Gasteiger partial charge in [-0.1, -0.05) is 46.5 Å². The Kier molecular flexibility index (Phi) is 5.54. The molecule has 3 rings (SSSR count). The fraction of sp³-hybridized carbons (Fsp3) is 0.760. The maximum absolute atomic E-state index is 11.1. The molecule has 0 bridgehead atoms. The molecule has 1 aromatic rings. The van der Waals surface area contributed by atoms with Crippen molar-refractivity contribution < 1.29 is 17.7 Å². The summed E-state index contributed by atoms with van der Waals surface area (Å²) < 4.78 is 23.5. The fourth-order valence-electron chi connectivity index (χ4n) is 5.12. The van der Waals surface area contributed by atoms with E-state index in [9.17, 15) is 10.2 Å². The van der Waals surface area contributed by atoms with Gasteiger partial charge < -0.3 is 14.9 Å². The van der Waals surface area contributed by atoms with Gasteiger partial charge in [-0.05, 0) is 74.4 Å². The molecule has 0 amide bonds. The predicted octanol–water partition coefficient (Wildman–Crippen LogP) is 6.30. The highest BCUT2D eigenvalue weighted by atomic mass is 16.5. The molecule has 4 atom stereocenters. The number of hydrogen-bond acceptors (Lipinski definition) is 3. The van der Waals surface area contributed by atoms with E-state index in [0.29, 0.717) is 18.6 Å². The molecule has 1 aliphatic carbocycles. The van der Waals surface area contributed by atoms with Crippen LogP contribution in [-0.2, 0) is 5.41 Å². The standard InChI is InChI=1S/C25H40O3/c1-6-7-8-9-12-24(2,3)18-14-21(27)23-19-13-17(16-26)10-11-20(19)25(4,5)28-22(23)15-18/h14-15,17,19-20,26-27H,6-13,16H2,1-5H3/t17-,19?,20?/m1/s1/i10T,17T/t10-,17+,19?,20?/m0. The number of ether oxygens (including phenoxy) is 1. The van der Waals surface area contributed by atoms with Gasteiger partial charge in [-0.15, -0.1) is 0 Å². The van der Waals surface area contributed by atoms with Crippen molar-refractivity contribution in [2.45, 2.75) is 103 Å². The summed E-state index contributed by atoms with van der Waals surface area (Å²) in [5.74, 6) is -0.303. The molecule has 158 valence electrons. The first-order valence-electron chi connectivity index (χ1n) is 12.1. The van der Waals surface area contributed by atoms with E-state index < -0.39 is 17.9 Å². The molecule has 0 aromatic heterocycles. The lowest BCUT2D eigenvalue weighted by molar-refractivity contribution is -0.0211. The third kappa shape index (κ3) is 4.20. The molecule has 2 N–H and O–H groups in total. The number of aliphatic hydroxyl groups excluding tert-OH is 1. The molecule has 0 saturated heterocycles. The van der Waals surface area contributed by atoms with Crippen molar-refractivity contribution in [3.63, 3.8) is 0 Å². The van der Waals surface area contributed by atoms with E-state index in [1.165, 1.54) is 25.7 Å². The van der Waals surface area contributed by atoms with Gasteiger partial charge >= 0.3 is 0 Å². The van der Waals surface area contributed by atoms with Crippen LogP contribution in [-0.4, -0.2) is 22.4 Å². The minimum atomic E-state index is -1.20. The van der Waals surface area contributed by atoms with Crippen LogP contribution >= 0.6 is 0 Å². The zero-order valence-electron chi connectivity index (χ0n) is 20.3. The molecular formula is C25H40O3. The van der Waals surface area contributed by atoms with Crippen molar-refractivity contribution in [3.05, 3.63) is 23.3 Å². The largest absolute Gasteiger partial charge is 0.508 e. The summed E-state index contributed by atoms with van der Waals surface area (Å²) in [6.45, 7) is 10.4. The van der Waals surface area contributed by atoms with Crippen LogP contribution in [0.2, 0.25) is 0 Å². The average Bonchev–Trinajstić information content (AvgIpc) is 2.66. The van der Waals surface area contributed by atoms with E-state index in [2.05, 4.69) is 40.7 Å². The number of unbranched alkanes of at least 4 members (excludes halogenated alkanes) is 3. The van der Waals surface area contributed by atoms with Crippen LogP contribution in [0.15, 0.2) is 12.1 Å². The molecule has 28 heavy (non-hydrogen) atoms. The van der Waals surface area contributed by atoms with Crippen LogP contribution in [0, 0.1) is 11.8 Å². The van der Waals surface area contributed by atoms with Gasteiger partial charge in [-0.3, -0.25) is 0 Å². The van der Waals surface area contributed by atoms with Crippen LogP contribution < -0.4 is 4.74 Å². The van der Waals surface area contributed by atoms with Crippen LogP contribution in [0.4, 0.5) is 0 Å². The summed E-state index contributed by atoms with van der Waals surface area (Å²) in [7, 11) is 0. The Bertz CT molecular complexity index is 761. The van der Waals surface area contributed by atoms with Crippen LogP contribution in [0.25, 0.3) is 0 Å². The Hall–Kier alpha value is -1.22. The number of benzene rings is 1. The van der Waals surface area contributed by atoms with Gasteiger partial charge in [0.15, 0.2) is 0 Å². The average molecular weight is 393 g/mol. The lowest BCUT2D eigenvalue weighted by atomic mass is 9.63. The molecule has 1 heterocycles. The molecule has 1 saturated carbocycles. The fourth-order valence-corrected chi connectivity index (χ4v) is 5.12. The van der Waals surface area contributed by atoms with E-state index in [1.54, 1.807) is 0 Å². The number of fused-ring (bicyclic) bond motifs is 3. The summed E-state index contributed by atoms with van der Waals surface area (Å²) in [5.41, 5.74) is 1.30.